The van der Waals surface area contributed by atoms with E-state index < -0.39 is 121 Å². The molecule has 0 spiro atoms. The zero-order valence-electron chi connectivity index (χ0n) is 55.5. The van der Waals surface area contributed by atoms with Crippen LogP contribution in [0.2, 0.25) is 0 Å². The lowest BCUT2D eigenvalue weighted by Gasteiger charge is -2.54. The Morgan fingerprint density at radius 2 is 0.842 bits per heavy atom. The van der Waals surface area contributed by atoms with Crippen LogP contribution < -0.4 is 20.6 Å². The third-order valence-corrected chi connectivity index (χ3v) is 18.7. The van der Waals surface area contributed by atoms with Crippen LogP contribution in [0.1, 0.15) is 20.8 Å². The van der Waals surface area contributed by atoms with E-state index in [4.69, 9.17) is 179 Å². The lowest BCUT2D eigenvalue weighted by atomic mass is 8.28. The average Bonchev–Trinajstić information content (AvgIpc) is 1.34. The van der Waals surface area contributed by atoms with E-state index in [-0.39, 0.29) is 32.0 Å². The molecular formula is C38H59B40Br2FN9O5. The quantitative estimate of drug-likeness (QED) is 0.0424. The van der Waals surface area contributed by atoms with Crippen LogP contribution in [-0.4, -0.2) is 459 Å². The largest absolute Gasteiger partial charge is 0.496 e. The van der Waals surface area contributed by atoms with Crippen molar-refractivity contribution in [2.24, 2.45) is 0 Å². The number of aliphatic hydroxyl groups excluding tert-OH is 3. The van der Waals surface area contributed by atoms with Crippen molar-refractivity contribution in [3.63, 3.8) is 0 Å². The van der Waals surface area contributed by atoms with Gasteiger partial charge in [0.25, 0.3) is 0 Å². The molecule has 7 heterocycles. The molecule has 4 N–H and O–H groups in total. The molecule has 3 aromatic rings. The normalized spacial score (nSPS) is 15.9. The Balaban J connectivity index is 0.000000349. The summed E-state index contributed by atoms with van der Waals surface area (Å²) in [5.41, 5.74) is 0.692. The van der Waals surface area contributed by atoms with Crippen LogP contribution in [0.4, 0.5) is 16.0 Å². The molecule has 7 rings (SSSR count). The Morgan fingerprint density at radius 3 is 1.12 bits per heavy atom. The van der Waals surface area contributed by atoms with Crippen molar-refractivity contribution in [2.75, 3.05) is 128 Å². The molecular weight excluding hydrogens is 1270 g/mol. The molecule has 4 saturated heterocycles. The third kappa shape index (κ3) is 29.7. The van der Waals surface area contributed by atoms with Crippen molar-refractivity contribution < 1.29 is 29.0 Å². The predicted molar refractivity (Wildman–Crippen MR) is 451 cm³/mol. The summed E-state index contributed by atoms with van der Waals surface area (Å²) in [7, 11) is 125. The standard InChI is InChI=1S/C16H26BN3O3.C11H16BrN3O.C6H14N2O.C5H3BrFN.B39/c1-13-16(2,3)23-17(22-13)14-4-5-15(18-12-14)20-8-6-19(7-9-20)10-11-21;12-10-1-2-11(13-9-10)15-5-3-14(4-6-15)7-8-16;9-6-5-8-3-1-7-2-4-8;6-4-1-2-5(7)8-3-4;1-21-31(20)36(30(18)19)39(37(32(22(2)3)23(4)5)33(24(6)7)25(8)9)38(34(26(10)11)27(12)13)35(28(14)15)29(16)17/h4-5,12-13,21H,6-11H2,1-3H3;1-2,9,16H,3-8H2;7,9H,1-6H2;1-3H;. The number of aliphatic hydroxyl groups is 3. The van der Waals surface area contributed by atoms with Crippen LogP contribution in [-0.2, 0) is 9.31 Å². The zero-order chi connectivity index (χ0) is 71.4. The Kier molecular flexibility index (Phi) is 43.4. The highest BCUT2D eigenvalue weighted by molar-refractivity contribution is 9.10. The SMILES string of the molecule is CC1OB(c2ccc(N3CCN(CCO)CC3)nc2)OC1(C)C.Fc1ccc(Br)cn1.OCCN1CCN(c2ccc(Br)cn2)CC1.OCCN1CCNCC1.[B][B]B([B])B(B([B])[B])B(B(B(B([B])[B])B([B])[B])B(B([B])[B])B([B])[B])B(B(B([B])[B])B([B])[B])B(B([B])[B])B([B])[B]. The summed E-state index contributed by atoms with van der Waals surface area (Å²) in [6.07, 6.45) is -14.5. The Bertz CT molecular complexity index is 2370. The van der Waals surface area contributed by atoms with Gasteiger partial charge in [-0.1, -0.05) is 6.07 Å². The molecule has 57 heteroatoms. The summed E-state index contributed by atoms with van der Waals surface area (Å²) in [5.74, 6) is 1.57. The van der Waals surface area contributed by atoms with E-state index in [1.807, 2.05) is 57.4 Å². The van der Waals surface area contributed by atoms with Gasteiger partial charge < -0.3 is 39.7 Å². The second-order valence-corrected chi connectivity index (χ2v) is 26.8. The van der Waals surface area contributed by atoms with Gasteiger partial charge in [0.2, 0.25) is 5.95 Å². The fraction of sp³-hybridized carbons (Fsp3) is 0.605. The summed E-state index contributed by atoms with van der Waals surface area (Å²) in [6, 6.07) is 11.0. The summed E-state index contributed by atoms with van der Waals surface area (Å²) in [6.45, 7) is 21.3. The number of anilines is 2. The van der Waals surface area contributed by atoms with Gasteiger partial charge in [0, 0.05) is 408 Å². The smallest absolute Gasteiger partial charge is 0.402 e. The molecule has 0 aromatic carbocycles. The van der Waals surface area contributed by atoms with Gasteiger partial charge in [-0.3, -0.25) is 14.7 Å². The number of piperazine rings is 3. The summed E-state index contributed by atoms with van der Waals surface area (Å²) < 4.78 is 25.6. The van der Waals surface area contributed by atoms with Gasteiger partial charge in [0.1, 0.15) is 11.6 Å². The number of hydrogen-bond acceptors (Lipinski definition) is 14. The fourth-order valence-electron chi connectivity index (χ4n) is 12.6. The van der Waals surface area contributed by atoms with E-state index in [0.717, 1.165) is 124 Å². The number of nitrogens with one attached hydrogen (secondary N) is 1. The number of nitrogens with zero attached hydrogens (tertiary/aromatic N) is 8. The van der Waals surface area contributed by atoms with E-state index in [1.54, 1.807) is 6.07 Å². The van der Waals surface area contributed by atoms with Gasteiger partial charge >= 0.3 is 7.12 Å². The molecule has 4 fully saturated rings. The monoisotopic (exact) mass is 1340 g/mol. The third-order valence-electron chi connectivity index (χ3n) is 17.8. The minimum absolute atomic E-state index is 0.0618. The van der Waals surface area contributed by atoms with E-state index >= 15 is 0 Å². The maximum atomic E-state index is 12.0. The highest BCUT2D eigenvalue weighted by Crippen LogP contribution is 2.27. The summed E-state index contributed by atoms with van der Waals surface area (Å²) in [5, 5.41) is 29.7. The minimum Gasteiger partial charge on any atom is -0.402 e. The maximum absolute atomic E-state index is 12.0. The maximum Gasteiger partial charge on any atom is 0.496 e. The van der Waals surface area contributed by atoms with Gasteiger partial charge in [-0.15, -0.1) is 0 Å². The minimum atomic E-state index is -1.19. The van der Waals surface area contributed by atoms with Gasteiger partial charge in [-0.25, -0.2) is 15.0 Å². The van der Waals surface area contributed by atoms with Crippen molar-refractivity contribution in [3.05, 3.63) is 69.9 Å². The summed E-state index contributed by atoms with van der Waals surface area (Å²) in [4.78, 5) is 23.7. The van der Waals surface area contributed by atoms with Gasteiger partial charge in [0.05, 0.1) is 31.5 Å². The Labute approximate surface area is 622 Å². The van der Waals surface area contributed by atoms with Gasteiger partial charge in [-0.05, 0) is 83.0 Å². The van der Waals surface area contributed by atoms with Crippen LogP contribution in [0.5, 0.6) is 0 Å². The molecule has 1 atom stereocenters. The second-order valence-electron chi connectivity index (χ2n) is 24.9. The molecule has 0 saturated carbocycles. The lowest BCUT2D eigenvalue weighted by molar-refractivity contribution is 0.0842. The molecule has 0 amide bonds. The summed E-state index contributed by atoms with van der Waals surface area (Å²) >= 11 is 6.50. The van der Waals surface area contributed by atoms with E-state index in [9.17, 15) is 4.39 Å². The topological polar surface area (TPSA) is 146 Å². The zero-order valence-corrected chi connectivity index (χ0v) is 58.6. The molecule has 4 aliphatic heterocycles. The van der Waals surface area contributed by atoms with Crippen LogP contribution in [0, 0.1) is 5.95 Å². The van der Waals surface area contributed by atoms with Crippen molar-refractivity contribution >= 4 is 333 Å². The number of hydrogen-bond donors (Lipinski definition) is 4. The van der Waals surface area contributed by atoms with Crippen LogP contribution in [0.15, 0.2) is 63.9 Å². The average molecular weight is 1330 g/mol. The lowest BCUT2D eigenvalue weighted by Crippen LogP contribution is -2.92. The molecule has 0 aliphatic carbocycles. The van der Waals surface area contributed by atoms with Crippen LogP contribution in [0.3, 0.4) is 0 Å². The van der Waals surface area contributed by atoms with Crippen molar-refractivity contribution in [3.8, 4) is 0 Å². The highest BCUT2D eigenvalue weighted by Gasteiger charge is 2.57. The van der Waals surface area contributed by atoms with Crippen molar-refractivity contribution in [1.82, 2.24) is 35.0 Å². The molecule has 1 unspecified atom stereocenters. The first-order chi connectivity index (χ1) is 44.8. The number of halogens is 3. The van der Waals surface area contributed by atoms with Gasteiger partial charge in [-0.2, -0.15) is 4.39 Å². The number of pyridine rings is 3. The molecule has 41 radical (unpaired) electrons. The van der Waals surface area contributed by atoms with Crippen molar-refractivity contribution in [2.45, 2.75) is 32.5 Å². The highest BCUT2D eigenvalue weighted by atomic mass is 79.9. The molecule has 0 bridgehead atoms. The number of rotatable bonds is 27. The molecule has 3 aromatic heterocycles. The molecule has 427 valence electrons. The first-order valence-corrected chi connectivity index (χ1v) is 33.6. The molecule has 4 aliphatic rings. The van der Waals surface area contributed by atoms with E-state index in [2.05, 4.69) is 76.6 Å². The van der Waals surface area contributed by atoms with Crippen LogP contribution in [0.25, 0.3) is 0 Å². The molecule has 14 nitrogen and oxygen atoms in total. The van der Waals surface area contributed by atoms with Crippen molar-refractivity contribution in [1.29, 1.82) is 0 Å². The predicted octanol–water partition coefficient (Wildman–Crippen LogP) is -12.9. The number of aromatic nitrogens is 3. The van der Waals surface area contributed by atoms with Gasteiger partial charge in [0.15, 0.2) is 0 Å². The molecule has 95 heavy (non-hydrogen) atoms. The van der Waals surface area contributed by atoms with E-state index in [0.29, 0.717) is 6.61 Å². The fourth-order valence-corrected chi connectivity index (χ4v) is 13.0. The first kappa shape index (κ1) is 89.4. The Morgan fingerprint density at radius 1 is 0.505 bits per heavy atom. The first-order valence-electron chi connectivity index (χ1n) is 32.1. The number of β-amino-alcohol motifs (C(OH)–C–C–N with tert-alkyl or cyclic N) is 3. The van der Waals surface area contributed by atoms with E-state index in [1.165, 1.54) is 19.3 Å². The Hall–Kier alpha value is 0.177. The second kappa shape index (κ2) is 46.1. The van der Waals surface area contributed by atoms with Crippen LogP contribution >= 0.6 is 31.9 Å².